The summed E-state index contributed by atoms with van der Waals surface area (Å²) in [6.07, 6.45) is -1.72. The van der Waals surface area contributed by atoms with Crippen LogP contribution in [0.15, 0.2) is 48.5 Å². The molecular weight excluding hydrogens is 462 g/mol. The Balaban J connectivity index is 1.16. The molecule has 1 saturated heterocycles. The van der Waals surface area contributed by atoms with E-state index in [2.05, 4.69) is 5.32 Å². The minimum atomic E-state index is -3.22. The van der Waals surface area contributed by atoms with Gasteiger partial charge in [0, 0.05) is 18.9 Å². The fourth-order valence-electron chi connectivity index (χ4n) is 4.58. The number of carbonyl (C=O) groups is 3. The van der Waals surface area contributed by atoms with Gasteiger partial charge in [-0.25, -0.2) is 18.4 Å². The van der Waals surface area contributed by atoms with Gasteiger partial charge in [-0.15, -0.1) is 0 Å². The van der Waals surface area contributed by atoms with Crippen molar-refractivity contribution < 1.29 is 37.7 Å². The summed E-state index contributed by atoms with van der Waals surface area (Å²) in [5.74, 6) is -5.43. The Morgan fingerprint density at radius 1 is 1.03 bits per heavy atom. The number of alkyl halides is 2. The first-order valence-corrected chi connectivity index (χ1v) is 11.3. The Bertz CT molecular complexity index is 1060. The molecular formula is C25H26F2N2O6. The maximum Gasteiger partial charge on any atom is 0.407 e. The minimum Gasteiger partial charge on any atom is -0.480 e. The standard InChI is InChI=1S/C25H26F2N2O6/c26-25(27)13-21(23(31)32)29(15-25)22(30)9-11-34-12-10-28-24(33)35-14-20-18-7-3-1-5-16(18)17-6-2-4-8-19(17)20/h1-8,20-21H,9-15H2,(H,28,33)(H,31,32)/t21-/m0/s1. The van der Waals surface area contributed by atoms with Crippen molar-refractivity contribution in [1.82, 2.24) is 10.2 Å². The number of benzene rings is 2. The number of aliphatic carboxylic acids is 1. The van der Waals surface area contributed by atoms with Gasteiger partial charge in [0.1, 0.15) is 12.6 Å². The number of carboxylic acids is 1. The molecule has 0 radical (unpaired) electrons. The number of ether oxygens (including phenoxy) is 2. The predicted molar refractivity (Wildman–Crippen MR) is 121 cm³/mol. The van der Waals surface area contributed by atoms with Crippen molar-refractivity contribution in [2.75, 3.05) is 32.9 Å². The molecule has 0 unspecified atom stereocenters. The van der Waals surface area contributed by atoms with Crippen molar-refractivity contribution in [2.45, 2.75) is 30.7 Å². The van der Waals surface area contributed by atoms with E-state index in [0.29, 0.717) is 4.90 Å². The third-order valence-corrected chi connectivity index (χ3v) is 6.19. The molecule has 2 aliphatic rings. The van der Waals surface area contributed by atoms with Gasteiger partial charge in [-0.2, -0.15) is 0 Å². The number of amides is 2. The molecule has 1 aliphatic heterocycles. The smallest absolute Gasteiger partial charge is 0.407 e. The highest BCUT2D eigenvalue weighted by molar-refractivity contribution is 5.84. The zero-order valence-electron chi connectivity index (χ0n) is 18.9. The van der Waals surface area contributed by atoms with E-state index in [1.807, 2.05) is 48.5 Å². The highest BCUT2D eigenvalue weighted by atomic mass is 19.3. The van der Waals surface area contributed by atoms with Gasteiger partial charge in [0.2, 0.25) is 5.91 Å². The highest BCUT2D eigenvalue weighted by Gasteiger charge is 2.49. The normalized spacial score (nSPS) is 18.1. The summed E-state index contributed by atoms with van der Waals surface area (Å²) in [6.45, 7) is -0.605. The lowest BCUT2D eigenvalue weighted by Gasteiger charge is -2.20. The maximum absolute atomic E-state index is 13.5. The number of nitrogens with one attached hydrogen (secondary N) is 1. The van der Waals surface area contributed by atoms with Gasteiger partial charge in [0.05, 0.1) is 26.2 Å². The molecule has 1 atom stereocenters. The zero-order chi connectivity index (χ0) is 25.0. The Labute approximate surface area is 200 Å². The maximum atomic E-state index is 13.5. The van der Waals surface area contributed by atoms with Crippen LogP contribution in [0.4, 0.5) is 13.6 Å². The Morgan fingerprint density at radius 2 is 1.66 bits per heavy atom. The number of hydrogen-bond acceptors (Lipinski definition) is 5. The molecule has 2 aromatic carbocycles. The van der Waals surface area contributed by atoms with Gasteiger partial charge in [0.25, 0.3) is 5.92 Å². The van der Waals surface area contributed by atoms with Crippen LogP contribution >= 0.6 is 0 Å². The number of rotatable bonds is 9. The number of alkyl carbamates (subject to hydrolysis) is 1. The van der Waals surface area contributed by atoms with Crippen LogP contribution < -0.4 is 5.32 Å². The third kappa shape index (κ3) is 5.59. The quantitative estimate of drug-likeness (QED) is 0.525. The van der Waals surface area contributed by atoms with Crippen LogP contribution in [0.2, 0.25) is 0 Å². The molecule has 8 nitrogen and oxygen atoms in total. The average molecular weight is 488 g/mol. The van der Waals surface area contributed by atoms with Crippen molar-refractivity contribution in [3.8, 4) is 11.1 Å². The van der Waals surface area contributed by atoms with Gasteiger partial charge in [-0.05, 0) is 22.3 Å². The van der Waals surface area contributed by atoms with E-state index in [9.17, 15) is 23.2 Å². The average Bonchev–Trinajstić information content (AvgIpc) is 3.34. The van der Waals surface area contributed by atoms with E-state index in [0.717, 1.165) is 22.3 Å². The predicted octanol–water partition coefficient (Wildman–Crippen LogP) is 3.25. The molecule has 0 aromatic heterocycles. The van der Waals surface area contributed by atoms with Crippen LogP contribution in [0.1, 0.15) is 29.9 Å². The first-order chi connectivity index (χ1) is 16.8. The second kappa shape index (κ2) is 10.4. The molecule has 1 heterocycles. The molecule has 35 heavy (non-hydrogen) atoms. The molecule has 4 rings (SSSR count). The minimum absolute atomic E-state index is 0.0528. The van der Waals surface area contributed by atoms with Gasteiger partial charge in [0.15, 0.2) is 0 Å². The number of carboxylic acid groups (broad SMARTS) is 1. The van der Waals surface area contributed by atoms with Crippen LogP contribution in [-0.4, -0.2) is 72.9 Å². The van der Waals surface area contributed by atoms with E-state index >= 15 is 0 Å². The largest absolute Gasteiger partial charge is 0.480 e. The summed E-state index contributed by atoms with van der Waals surface area (Å²) in [6, 6.07) is 14.5. The lowest BCUT2D eigenvalue weighted by Crippen LogP contribution is -2.41. The lowest BCUT2D eigenvalue weighted by atomic mass is 9.98. The monoisotopic (exact) mass is 488 g/mol. The Kier molecular flexibility index (Phi) is 7.30. The van der Waals surface area contributed by atoms with Gasteiger partial charge >= 0.3 is 12.1 Å². The molecule has 1 fully saturated rings. The Morgan fingerprint density at radius 3 is 2.29 bits per heavy atom. The molecule has 2 N–H and O–H groups in total. The lowest BCUT2D eigenvalue weighted by molar-refractivity contribution is -0.148. The summed E-state index contributed by atoms with van der Waals surface area (Å²) < 4.78 is 37.7. The van der Waals surface area contributed by atoms with Crippen molar-refractivity contribution in [1.29, 1.82) is 0 Å². The zero-order valence-corrected chi connectivity index (χ0v) is 18.9. The number of hydrogen-bond donors (Lipinski definition) is 2. The fraction of sp³-hybridized carbons (Fsp3) is 0.400. The number of halogens is 2. The molecule has 10 heteroatoms. The topological polar surface area (TPSA) is 105 Å². The number of likely N-dealkylation sites (tertiary alicyclic amines) is 1. The van der Waals surface area contributed by atoms with Crippen LogP contribution in [0.3, 0.4) is 0 Å². The summed E-state index contributed by atoms with van der Waals surface area (Å²) in [7, 11) is 0. The summed E-state index contributed by atoms with van der Waals surface area (Å²) in [5, 5.41) is 11.6. The first-order valence-electron chi connectivity index (χ1n) is 11.3. The van der Waals surface area contributed by atoms with Crippen LogP contribution in [-0.2, 0) is 19.1 Å². The molecule has 0 saturated carbocycles. The molecule has 0 bridgehead atoms. The van der Waals surface area contributed by atoms with Crippen LogP contribution in [0, 0.1) is 0 Å². The van der Waals surface area contributed by atoms with Crippen LogP contribution in [0.25, 0.3) is 11.1 Å². The van der Waals surface area contributed by atoms with Crippen molar-refractivity contribution in [3.05, 3.63) is 59.7 Å². The first kappa shape index (κ1) is 24.6. The Hall–Kier alpha value is -3.53. The van der Waals surface area contributed by atoms with Gasteiger partial charge in [-0.1, -0.05) is 48.5 Å². The van der Waals surface area contributed by atoms with E-state index in [1.165, 1.54) is 0 Å². The highest BCUT2D eigenvalue weighted by Crippen LogP contribution is 2.44. The second-order valence-electron chi connectivity index (χ2n) is 8.55. The molecule has 186 valence electrons. The SMILES string of the molecule is O=C(NCCOCCC(=O)N1CC(F)(F)C[C@H]1C(=O)O)OCC1c2ccccc2-c2ccccc21. The second-order valence-corrected chi connectivity index (χ2v) is 8.55. The number of carbonyl (C=O) groups excluding carboxylic acids is 2. The van der Waals surface area contributed by atoms with Gasteiger partial charge < -0.3 is 24.8 Å². The molecule has 1 aliphatic carbocycles. The van der Waals surface area contributed by atoms with E-state index < -0.39 is 42.9 Å². The molecule has 2 aromatic rings. The van der Waals surface area contributed by atoms with Crippen molar-refractivity contribution >= 4 is 18.0 Å². The number of nitrogens with zero attached hydrogens (tertiary/aromatic N) is 1. The summed E-state index contributed by atoms with van der Waals surface area (Å²) >= 11 is 0. The molecule has 0 spiro atoms. The van der Waals surface area contributed by atoms with Gasteiger partial charge in [-0.3, -0.25) is 4.79 Å². The number of fused-ring (bicyclic) bond motifs is 3. The summed E-state index contributed by atoms with van der Waals surface area (Å²) in [4.78, 5) is 36.1. The molecule has 2 amide bonds. The van der Waals surface area contributed by atoms with Crippen LogP contribution in [0.5, 0.6) is 0 Å². The van der Waals surface area contributed by atoms with E-state index in [-0.39, 0.29) is 38.7 Å². The van der Waals surface area contributed by atoms with E-state index in [1.54, 1.807) is 0 Å². The fourth-order valence-corrected chi connectivity index (χ4v) is 4.58. The summed E-state index contributed by atoms with van der Waals surface area (Å²) in [5.41, 5.74) is 4.48. The van der Waals surface area contributed by atoms with Crippen molar-refractivity contribution in [3.63, 3.8) is 0 Å². The third-order valence-electron chi connectivity index (χ3n) is 6.19. The van der Waals surface area contributed by atoms with Crippen molar-refractivity contribution in [2.24, 2.45) is 0 Å². The van der Waals surface area contributed by atoms with E-state index in [4.69, 9.17) is 14.6 Å².